The van der Waals surface area contributed by atoms with Crippen LogP contribution in [0, 0.1) is 6.92 Å². The van der Waals surface area contributed by atoms with E-state index < -0.39 is 5.66 Å². The minimum Gasteiger partial charge on any atom is -0.338 e. The van der Waals surface area contributed by atoms with Crippen LogP contribution < -0.4 is 5.32 Å². The molecule has 2 aromatic rings. The molecule has 27 heavy (non-hydrogen) atoms. The van der Waals surface area contributed by atoms with Crippen LogP contribution in [0.2, 0.25) is 5.02 Å². The van der Waals surface area contributed by atoms with Crippen LogP contribution >= 0.6 is 11.6 Å². The maximum Gasteiger partial charge on any atom is 0.272 e. The minimum atomic E-state index is -0.616. The van der Waals surface area contributed by atoms with Gasteiger partial charge in [-0.3, -0.25) is 14.6 Å². The Morgan fingerprint density at radius 1 is 1.15 bits per heavy atom. The van der Waals surface area contributed by atoms with E-state index >= 15 is 0 Å². The van der Waals surface area contributed by atoms with Crippen LogP contribution in [0.25, 0.3) is 0 Å². The van der Waals surface area contributed by atoms with Crippen molar-refractivity contribution in [1.29, 1.82) is 0 Å². The second kappa shape index (κ2) is 6.82. The fraction of sp³-hybridized carbons (Fsp3) is 0.286. The third kappa shape index (κ3) is 3.47. The number of carbonyl (C=O) groups excluding carboxylic acids is 2. The molecular weight excluding hydrogens is 362 g/mol. The Morgan fingerprint density at radius 3 is 2.52 bits per heavy atom. The van der Waals surface area contributed by atoms with E-state index in [-0.39, 0.29) is 11.8 Å². The molecule has 0 radical (unpaired) electrons. The van der Waals surface area contributed by atoms with E-state index in [2.05, 4.69) is 5.32 Å². The summed E-state index contributed by atoms with van der Waals surface area (Å²) in [5, 5.41) is 3.65. The van der Waals surface area contributed by atoms with Gasteiger partial charge < -0.3 is 10.2 Å². The number of hydrogen-bond donors (Lipinski definition) is 1. The molecule has 0 atom stereocenters. The Morgan fingerprint density at radius 2 is 1.85 bits per heavy atom. The van der Waals surface area contributed by atoms with Crippen molar-refractivity contribution >= 4 is 29.1 Å². The van der Waals surface area contributed by atoms with Crippen LogP contribution in [-0.2, 0) is 4.79 Å². The van der Waals surface area contributed by atoms with Gasteiger partial charge in [0.2, 0.25) is 0 Å². The summed E-state index contributed by atoms with van der Waals surface area (Å²) in [5.74, 6) is -0.143. The Kier molecular flexibility index (Phi) is 4.48. The third-order valence-electron chi connectivity index (χ3n) is 5.15. The predicted octanol–water partition coefficient (Wildman–Crippen LogP) is 3.20. The highest BCUT2D eigenvalue weighted by molar-refractivity contribution is 6.47. The van der Waals surface area contributed by atoms with Gasteiger partial charge in [-0.2, -0.15) is 0 Å². The molecule has 138 valence electrons. The summed E-state index contributed by atoms with van der Waals surface area (Å²) in [7, 11) is 0. The van der Waals surface area contributed by atoms with Crippen molar-refractivity contribution in [3.05, 3.63) is 70.2 Å². The van der Waals surface area contributed by atoms with Gasteiger partial charge in [0.05, 0.1) is 0 Å². The average molecular weight is 382 g/mol. The molecule has 0 bridgehead atoms. The molecule has 2 amide bonds. The monoisotopic (exact) mass is 381 g/mol. The first kappa shape index (κ1) is 17.7. The first-order valence-electron chi connectivity index (χ1n) is 9.00. The average Bonchev–Trinajstić information content (AvgIpc) is 2.98. The van der Waals surface area contributed by atoms with E-state index in [1.54, 1.807) is 24.3 Å². The van der Waals surface area contributed by atoms with E-state index in [1.807, 2.05) is 36.1 Å². The SMILES string of the molecule is Cc1cccc(C(=O)N2CCC3(CC2)N=C(c2ccc(Cl)cc2)C(=O)N3)c1. The zero-order valence-electron chi connectivity index (χ0n) is 15.0. The topological polar surface area (TPSA) is 61.8 Å². The van der Waals surface area contributed by atoms with Crippen LogP contribution in [0.3, 0.4) is 0 Å². The van der Waals surface area contributed by atoms with Crippen molar-refractivity contribution in [2.24, 2.45) is 4.99 Å². The summed E-state index contributed by atoms with van der Waals surface area (Å²) in [5.41, 5.74) is 2.34. The highest BCUT2D eigenvalue weighted by Crippen LogP contribution is 2.29. The van der Waals surface area contributed by atoms with Gasteiger partial charge in [-0.1, -0.05) is 41.4 Å². The number of amides is 2. The molecule has 5 nitrogen and oxygen atoms in total. The number of benzene rings is 2. The molecule has 0 unspecified atom stereocenters. The second-order valence-corrected chi connectivity index (χ2v) is 7.55. The van der Waals surface area contributed by atoms with Crippen LogP contribution in [0.15, 0.2) is 53.5 Å². The number of likely N-dealkylation sites (tertiary alicyclic amines) is 1. The fourth-order valence-electron chi connectivity index (χ4n) is 3.64. The maximum absolute atomic E-state index is 12.7. The maximum atomic E-state index is 12.7. The summed E-state index contributed by atoms with van der Waals surface area (Å²) in [6.45, 7) is 3.10. The molecule has 2 aliphatic heterocycles. The Hall–Kier alpha value is -2.66. The molecule has 1 fully saturated rings. The van der Waals surface area contributed by atoms with E-state index in [0.717, 1.165) is 11.1 Å². The molecule has 4 rings (SSSR count). The van der Waals surface area contributed by atoms with Crippen molar-refractivity contribution in [3.8, 4) is 0 Å². The largest absolute Gasteiger partial charge is 0.338 e. The van der Waals surface area contributed by atoms with Crippen LogP contribution in [0.5, 0.6) is 0 Å². The summed E-state index contributed by atoms with van der Waals surface area (Å²) < 4.78 is 0. The van der Waals surface area contributed by atoms with Gasteiger partial charge >= 0.3 is 0 Å². The van der Waals surface area contributed by atoms with Gasteiger partial charge in [0.1, 0.15) is 11.4 Å². The quantitative estimate of drug-likeness (QED) is 0.868. The molecule has 0 aromatic heterocycles. The summed E-state index contributed by atoms with van der Waals surface area (Å²) in [6, 6.07) is 14.7. The van der Waals surface area contributed by atoms with E-state index in [9.17, 15) is 9.59 Å². The lowest BCUT2D eigenvalue weighted by Crippen LogP contribution is -2.52. The van der Waals surface area contributed by atoms with Gasteiger partial charge in [-0.25, -0.2) is 0 Å². The van der Waals surface area contributed by atoms with E-state index in [1.165, 1.54) is 0 Å². The molecule has 1 saturated heterocycles. The van der Waals surface area contributed by atoms with Gasteiger partial charge in [0, 0.05) is 42.1 Å². The molecule has 0 aliphatic carbocycles. The van der Waals surface area contributed by atoms with Gasteiger partial charge in [0.25, 0.3) is 11.8 Å². The van der Waals surface area contributed by atoms with Gasteiger partial charge in [-0.15, -0.1) is 0 Å². The highest BCUT2D eigenvalue weighted by atomic mass is 35.5. The lowest BCUT2D eigenvalue weighted by Gasteiger charge is -2.37. The second-order valence-electron chi connectivity index (χ2n) is 7.11. The number of piperidine rings is 1. The molecule has 1 spiro atoms. The smallest absolute Gasteiger partial charge is 0.272 e. The molecule has 2 heterocycles. The number of halogens is 1. The van der Waals surface area contributed by atoms with Gasteiger partial charge in [0.15, 0.2) is 0 Å². The lowest BCUT2D eigenvalue weighted by molar-refractivity contribution is -0.115. The summed E-state index contributed by atoms with van der Waals surface area (Å²) in [6.07, 6.45) is 1.21. The number of hydrogen-bond acceptors (Lipinski definition) is 3. The molecule has 1 N–H and O–H groups in total. The molecule has 2 aromatic carbocycles. The van der Waals surface area contributed by atoms with Crippen LogP contribution in [-0.4, -0.2) is 41.2 Å². The number of nitrogens with one attached hydrogen (secondary N) is 1. The number of aryl methyl sites for hydroxylation is 1. The molecule has 0 saturated carbocycles. The lowest BCUT2D eigenvalue weighted by atomic mass is 9.97. The standard InChI is InChI=1S/C21H20ClN3O2/c1-14-3-2-4-16(13-14)20(27)25-11-9-21(10-12-25)23-18(19(26)24-21)15-5-7-17(22)8-6-15/h2-8,13H,9-12H2,1H3,(H,24,26). The fourth-order valence-corrected chi connectivity index (χ4v) is 3.77. The molecule has 6 heteroatoms. The summed E-state index contributed by atoms with van der Waals surface area (Å²) >= 11 is 5.92. The van der Waals surface area contributed by atoms with Crippen LogP contribution in [0.1, 0.15) is 34.3 Å². The zero-order chi connectivity index (χ0) is 19.0. The molecule has 2 aliphatic rings. The van der Waals surface area contributed by atoms with E-state index in [0.29, 0.717) is 42.2 Å². The normalized spacial score (nSPS) is 18.4. The van der Waals surface area contributed by atoms with Crippen molar-refractivity contribution in [2.45, 2.75) is 25.4 Å². The third-order valence-corrected chi connectivity index (χ3v) is 5.40. The number of aliphatic imine (C=N–C) groups is 1. The number of rotatable bonds is 2. The van der Waals surface area contributed by atoms with Crippen molar-refractivity contribution in [1.82, 2.24) is 10.2 Å². The number of carbonyl (C=O) groups is 2. The first-order valence-corrected chi connectivity index (χ1v) is 9.38. The number of nitrogens with zero attached hydrogens (tertiary/aromatic N) is 2. The highest BCUT2D eigenvalue weighted by Gasteiger charge is 2.42. The Bertz CT molecular complexity index is 929. The van der Waals surface area contributed by atoms with Crippen molar-refractivity contribution < 1.29 is 9.59 Å². The van der Waals surface area contributed by atoms with Crippen molar-refractivity contribution in [2.75, 3.05) is 13.1 Å². The van der Waals surface area contributed by atoms with E-state index in [4.69, 9.17) is 16.6 Å². The first-order chi connectivity index (χ1) is 13.0. The van der Waals surface area contributed by atoms with Gasteiger partial charge in [-0.05, 0) is 31.2 Å². The minimum absolute atomic E-state index is 0.0276. The van der Waals surface area contributed by atoms with Crippen LogP contribution in [0.4, 0.5) is 0 Å². The Balaban J connectivity index is 1.49. The predicted molar refractivity (Wildman–Crippen MR) is 105 cm³/mol. The summed E-state index contributed by atoms with van der Waals surface area (Å²) in [4.78, 5) is 31.7. The van der Waals surface area contributed by atoms with Crippen molar-refractivity contribution in [3.63, 3.8) is 0 Å². The Labute approximate surface area is 163 Å². The zero-order valence-corrected chi connectivity index (χ0v) is 15.8. The molecular formula is C21H20ClN3O2.